The van der Waals surface area contributed by atoms with E-state index in [0.29, 0.717) is 5.76 Å². The number of alkyl halides is 3. The quantitative estimate of drug-likeness (QED) is 0.542. The minimum Gasteiger partial charge on any atom is -0.475 e. The summed E-state index contributed by atoms with van der Waals surface area (Å²) in [5, 5.41) is 20.5. The number of benzene rings is 1. The fourth-order valence-electron chi connectivity index (χ4n) is 3.27. The number of aryl methyl sites for hydroxylation is 1. The maximum atomic E-state index is 11.4. The molecular weight excluding hydrogens is 445 g/mol. The van der Waals surface area contributed by atoms with Gasteiger partial charge in [-0.25, -0.2) is 9.59 Å². The molecule has 2 aromatic heterocycles. The molecule has 1 aliphatic carbocycles. The topological polar surface area (TPSA) is 122 Å². The van der Waals surface area contributed by atoms with Crippen LogP contribution in [0, 0.1) is 0 Å². The molecule has 0 radical (unpaired) electrons. The van der Waals surface area contributed by atoms with Crippen LogP contribution in [0.4, 0.5) is 13.2 Å². The van der Waals surface area contributed by atoms with Crippen LogP contribution in [0.1, 0.15) is 28.1 Å². The van der Waals surface area contributed by atoms with Crippen LogP contribution in [0.5, 0.6) is 0 Å². The van der Waals surface area contributed by atoms with Gasteiger partial charge in [0.15, 0.2) is 0 Å². The predicted molar refractivity (Wildman–Crippen MR) is 110 cm³/mol. The molecule has 172 valence electrons. The largest absolute Gasteiger partial charge is 0.490 e. The highest BCUT2D eigenvalue weighted by molar-refractivity contribution is 6.05. The molecule has 0 spiro atoms. The number of carbonyl (C=O) groups is 2. The molecule has 2 heterocycles. The number of carboxylic acid groups (broad SMARTS) is 2. The minimum absolute atomic E-state index is 0.0889. The van der Waals surface area contributed by atoms with Crippen molar-refractivity contribution in [1.29, 1.82) is 0 Å². The van der Waals surface area contributed by atoms with Gasteiger partial charge in [-0.2, -0.15) is 13.2 Å². The van der Waals surface area contributed by atoms with Crippen molar-refractivity contribution < 1.29 is 42.2 Å². The molecule has 0 fully saturated rings. The van der Waals surface area contributed by atoms with Crippen molar-refractivity contribution >= 4 is 17.7 Å². The van der Waals surface area contributed by atoms with Crippen molar-refractivity contribution in [2.75, 3.05) is 7.11 Å². The lowest BCUT2D eigenvalue weighted by Gasteiger charge is -2.06. The van der Waals surface area contributed by atoms with E-state index in [2.05, 4.69) is 16.2 Å². The van der Waals surface area contributed by atoms with Gasteiger partial charge in [-0.1, -0.05) is 23.4 Å². The summed E-state index contributed by atoms with van der Waals surface area (Å²) >= 11 is 0. The number of oxime groups is 1. The van der Waals surface area contributed by atoms with Gasteiger partial charge < -0.3 is 19.5 Å². The molecule has 3 aromatic rings. The molecule has 0 saturated heterocycles. The molecule has 0 saturated carbocycles. The second kappa shape index (κ2) is 9.55. The second-order valence-corrected chi connectivity index (χ2v) is 6.79. The normalized spacial score (nSPS) is 13.8. The number of carboxylic acids is 2. The molecule has 1 aromatic carbocycles. The predicted octanol–water partition coefficient (Wildman–Crippen LogP) is 4.64. The minimum atomic E-state index is -5.08. The Bertz CT molecular complexity index is 1200. The lowest BCUT2D eigenvalue weighted by atomic mass is 9.98. The molecule has 0 atom stereocenters. The Hall–Kier alpha value is -4.15. The van der Waals surface area contributed by atoms with Gasteiger partial charge in [0.25, 0.3) is 0 Å². The van der Waals surface area contributed by atoms with Crippen LogP contribution in [0.25, 0.3) is 22.5 Å². The number of rotatable bonds is 4. The van der Waals surface area contributed by atoms with Crippen molar-refractivity contribution in [3.05, 3.63) is 65.7 Å². The Balaban J connectivity index is 0.000000383. The van der Waals surface area contributed by atoms with Crippen LogP contribution >= 0.6 is 0 Å². The van der Waals surface area contributed by atoms with Gasteiger partial charge >= 0.3 is 18.1 Å². The summed E-state index contributed by atoms with van der Waals surface area (Å²) < 4.78 is 37.4. The SMILES string of the molecule is CO/N=C1/CCc2cc(-c3cc(C(=O)O)oc3-c3ccncc3)ccc21.O=C(O)C(F)(F)F. The molecule has 33 heavy (non-hydrogen) atoms. The Morgan fingerprint density at radius 3 is 2.27 bits per heavy atom. The fourth-order valence-corrected chi connectivity index (χ4v) is 3.27. The molecular formula is C22H17F3N2O6. The lowest BCUT2D eigenvalue weighted by molar-refractivity contribution is -0.192. The summed E-state index contributed by atoms with van der Waals surface area (Å²) in [7, 11) is 1.54. The summed E-state index contributed by atoms with van der Waals surface area (Å²) in [6.07, 6.45) is -0.0777. The van der Waals surface area contributed by atoms with Crippen LogP contribution in [0.15, 0.2) is 58.4 Å². The summed E-state index contributed by atoms with van der Waals surface area (Å²) in [5.74, 6) is -3.42. The van der Waals surface area contributed by atoms with Crippen LogP contribution in [-0.4, -0.2) is 46.1 Å². The van der Waals surface area contributed by atoms with Gasteiger partial charge in [0.05, 0.1) is 5.71 Å². The molecule has 0 aliphatic heterocycles. The number of hydrogen-bond donors (Lipinski definition) is 2. The smallest absolute Gasteiger partial charge is 0.475 e. The Labute approximate surface area is 184 Å². The maximum absolute atomic E-state index is 11.4. The third kappa shape index (κ3) is 5.37. The Kier molecular flexibility index (Phi) is 6.80. The zero-order valence-corrected chi connectivity index (χ0v) is 17.1. The number of pyridine rings is 1. The molecule has 0 amide bonds. The molecule has 4 rings (SSSR count). The summed E-state index contributed by atoms with van der Waals surface area (Å²) in [6, 6.07) is 11.2. The van der Waals surface area contributed by atoms with E-state index in [1.807, 2.05) is 12.1 Å². The first-order valence-electron chi connectivity index (χ1n) is 9.43. The first kappa shape index (κ1) is 23.5. The first-order chi connectivity index (χ1) is 15.6. The lowest BCUT2D eigenvalue weighted by Crippen LogP contribution is -2.21. The van der Waals surface area contributed by atoms with E-state index in [1.54, 1.807) is 37.7 Å². The number of halogens is 3. The van der Waals surface area contributed by atoms with Crippen LogP contribution in [-0.2, 0) is 16.1 Å². The van der Waals surface area contributed by atoms with Crippen molar-refractivity contribution in [2.24, 2.45) is 5.16 Å². The summed E-state index contributed by atoms with van der Waals surface area (Å²) in [6.45, 7) is 0. The third-order valence-electron chi connectivity index (χ3n) is 4.69. The van der Waals surface area contributed by atoms with E-state index in [4.69, 9.17) is 19.2 Å². The number of fused-ring (bicyclic) bond motifs is 1. The summed E-state index contributed by atoms with van der Waals surface area (Å²) in [4.78, 5) is 29.2. The van der Waals surface area contributed by atoms with E-state index >= 15 is 0 Å². The molecule has 1 aliphatic rings. The molecule has 0 bridgehead atoms. The molecule has 0 unspecified atom stereocenters. The van der Waals surface area contributed by atoms with Crippen LogP contribution in [0.3, 0.4) is 0 Å². The average Bonchev–Trinajstić information content (AvgIpc) is 3.39. The van der Waals surface area contributed by atoms with Gasteiger partial charge in [-0.3, -0.25) is 4.98 Å². The van der Waals surface area contributed by atoms with Crippen molar-refractivity contribution in [1.82, 2.24) is 4.98 Å². The van der Waals surface area contributed by atoms with E-state index in [1.165, 1.54) is 0 Å². The van der Waals surface area contributed by atoms with Crippen LogP contribution in [0.2, 0.25) is 0 Å². The maximum Gasteiger partial charge on any atom is 0.490 e. The number of aromatic carboxylic acids is 1. The van der Waals surface area contributed by atoms with Gasteiger partial charge in [-0.05, 0) is 42.2 Å². The number of aromatic nitrogens is 1. The van der Waals surface area contributed by atoms with Gasteiger partial charge in [-0.15, -0.1) is 0 Å². The zero-order chi connectivity index (χ0) is 24.2. The zero-order valence-electron chi connectivity index (χ0n) is 17.1. The van der Waals surface area contributed by atoms with Gasteiger partial charge in [0.2, 0.25) is 5.76 Å². The van der Waals surface area contributed by atoms with Gasteiger partial charge in [0, 0.05) is 29.1 Å². The number of furan rings is 1. The fraction of sp³-hybridized carbons (Fsp3) is 0.182. The number of hydrogen-bond acceptors (Lipinski definition) is 6. The summed E-state index contributed by atoms with van der Waals surface area (Å²) in [5.41, 5.74) is 5.60. The van der Waals surface area contributed by atoms with Gasteiger partial charge in [0.1, 0.15) is 12.9 Å². The monoisotopic (exact) mass is 462 g/mol. The van der Waals surface area contributed by atoms with E-state index in [9.17, 15) is 23.1 Å². The highest BCUT2D eigenvalue weighted by Gasteiger charge is 2.38. The standard InChI is InChI=1S/C20H16N2O4.C2HF3O2/c1-25-22-17-5-3-13-10-14(2-4-15(13)17)16-11-18(20(23)24)26-19(16)12-6-8-21-9-7-12;3-2(4,5)1(6)7/h2,4,6-11H,3,5H2,1H3,(H,23,24);(H,6,7)/b22-17-;. The molecule has 8 nitrogen and oxygen atoms in total. The van der Waals surface area contributed by atoms with Crippen LogP contribution < -0.4 is 0 Å². The number of nitrogens with zero attached hydrogens (tertiary/aromatic N) is 2. The second-order valence-electron chi connectivity index (χ2n) is 6.79. The van der Waals surface area contributed by atoms with Crippen molar-refractivity contribution in [3.8, 4) is 22.5 Å². The van der Waals surface area contributed by atoms with E-state index < -0.39 is 18.1 Å². The average molecular weight is 462 g/mol. The van der Waals surface area contributed by atoms with E-state index in [-0.39, 0.29) is 5.76 Å². The first-order valence-corrected chi connectivity index (χ1v) is 9.43. The number of aliphatic carboxylic acids is 1. The molecule has 11 heteroatoms. The van der Waals surface area contributed by atoms with E-state index in [0.717, 1.165) is 46.4 Å². The highest BCUT2D eigenvalue weighted by atomic mass is 19.4. The molecule has 2 N–H and O–H groups in total. The van der Waals surface area contributed by atoms with Crippen molar-refractivity contribution in [2.45, 2.75) is 19.0 Å². The Morgan fingerprint density at radius 2 is 1.70 bits per heavy atom. The van der Waals surface area contributed by atoms with Crippen molar-refractivity contribution in [3.63, 3.8) is 0 Å². The Morgan fingerprint density at radius 1 is 1.03 bits per heavy atom. The third-order valence-corrected chi connectivity index (χ3v) is 4.69. The highest BCUT2D eigenvalue weighted by Crippen LogP contribution is 2.37.